The van der Waals surface area contributed by atoms with Crippen molar-refractivity contribution < 1.29 is 4.74 Å². The quantitative estimate of drug-likeness (QED) is 0.775. The summed E-state index contributed by atoms with van der Waals surface area (Å²) in [5.74, 6) is 2.06. The van der Waals surface area contributed by atoms with Crippen molar-refractivity contribution in [3.63, 3.8) is 0 Å². The van der Waals surface area contributed by atoms with Crippen LogP contribution in [-0.4, -0.2) is 21.5 Å². The number of pyridine rings is 1. The Bertz CT molecular complexity index is 762. The van der Waals surface area contributed by atoms with E-state index in [2.05, 4.69) is 20.3 Å². The number of thiophene rings is 1. The number of halogens is 1. The van der Waals surface area contributed by atoms with Gasteiger partial charge in [0.2, 0.25) is 0 Å². The van der Waals surface area contributed by atoms with E-state index in [1.54, 1.807) is 29.8 Å². The van der Waals surface area contributed by atoms with Crippen LogP contribution in [-0.2, 0) is 6.61 Å². The Balaban J connectivity index is 1.83. The highest BCUT2D eigenvalue weighted by Gasteiger charge is 2.09. The van der Waals surface area contributed by atoms with E-state index in [1.807, 2.05) is 18.4 Å². The van der Waals surface area contributed by atoms with Gasteiger partial charge in [-0.1, -0.05) is 11.6 Å². The van der Waals surface area contributed by atoms with Gasteiger partial charge in [0.25, 0.3) is 0 Å². The normalized spacial score (nSPS) is 10.8. The predicted octanol–water partition coefficient (Wildman–Crippen LogP) is 3.75. The molecule has 0 fully saturated rings. The molecule has 3 aromatic rings. The molecule has 0 radical (unpaired) electrons. The molecule has 0 aliphatic rings. The van der Waals surface area contributed by atoms with Crippen molar-refractivity contribution in [1.82, 2.24) is 15.0 Å². The molecule has 0 aliphatic carbocycles. The van der Waals surface area contributed by atoms with Gasteiger partial charge in [0.15, 0.2) is 5.82 Å². The van der Waals surface area contributed by atoms with Crippen LogP contribution >= 0.6 is 22.9 Å². The SMILES string of the molecule is CCNc1nc(COc2cncc(Cl)c2)nc2sccc12. The number of hydrogen-bond donors (Lipinski definition) is 1. The van der Waals surface area contributed by atoms with Gasteiger partial charge < -0.3 is 10.1 Å². The molecule has 0 aliphatic heterocycles. The van der Waals surface area contributed by atoms with Gasteiger partial charge in [0.1, 0.15) is 23.0 Å². The van der Waals surface area contributed by atoms with Crippen molar-refractivity contribution in [2.45, 2.75) is 13.5 Å². The second kappa shape index (κ2) is 6.24. The molecule has 3 rings (SSSR count). The molecule has 5 nitrogen and oxygen atoms in total. The van der Waals surface area contributed by atoms with Crippen LogP contribution in [0.2, 0.25) is 5.02 Å². The van der Waals surface area contributed by atoms with E-state index in [1.165, 1.54) is 0 Å². The third-order valence-electron chi connectivity index (χ3n) is 2.76. The van der Waals surface area contributed by atoms with E-state index < -0.39 is 0 Å². The summed E-state index contributed by atoms with van der Waals surface area (Å²) in [6, 6.07) is 3.73. The number of nitrogens with one attached hydrogen (secondary N) is 1. The molecular weight excluding hydrogens is 308 g/mol. The lowest BCUT2D eigenvalue weighted by Gasteiger charge is -2.08. The van der Waals surface area contributed by atoms with Gasteiger partial charge in [-0.2, -0.15) is 0 Å². The zero-order chi connectivity index (χ0) is 14.7. The van der Waals surface area contributed by atoms with E-state index in [-0.39, 0.29) is 6.61 Å². The third kappa shape index (κ3) is 3.22. The molecular formula is C14H13ClN4OS. The molecule has 3 heterocycles. The Morgan fingerprint density at radius 2 is 2.24 bits per heavy atom. The summed E-state index contributed by atoms with van der Waals surface area (Å²) in [7, 11) is 0. The molecule has 0 spiro atoms. The number of hydrogen-bond acceptors (Lipinski definition) is 6. The van der Waals surface area contributed by atoms with Crippen LogP contribution in [0.4, 0.5) is 5.82 Å². The van der Waals surface area contributed by atoms with E-state index >= 15 is 0 Å². The van der Waals surface area contributed by atoms with Crippen molar-refractivity contribution in [3.05, 3.63) is 40.8 Å². The Hall–Kier alpha value is -1.92. The van der Waals surface area contributed by atoms with Gasteiger partial charge >= 0.3 is 0 Å². The molecule has 0 unspecified atom stereocenters. The Kier molecular flexibility index (Phi) is 4.17. The third-order valence-corrected chi connectivity index (χ3v) is 3.78. The smallest absolute Gasteiger partial charge is 0.169 e. The average Bonchev–Trinajstić information content (AvgIpc) is 2.94. The molecule has 21 heavy (non-hydrogen) atoms. The lowest BCUT2D eigenvalue weighted by atomic mass is 10.3. The summed E-state index contributed by atoms with van der Waals surface area (Å²) < 4.78 is 5.64. The maximum Gasteiger partial charge on any atom is 0.169 e. The monoisotopic (exact) mass is 320 g/mol. The van der Waals surface area contributed by atoms with Gasteiger partial charge in [-0.25, -0.2) is 9.97 Å². The fourth-order valence-electron chi connectivity index (χ4n) is 1.89. The highest BCUT2D eigenvalue weighted by Crippen LogP contribution is 2.25. The molecule has 1 N–H and O–H groups in total. The molecule has 0 atom stereocenters. The minimum absolute atomic E-state index is 0.272. The van der Waals surface area contributed by atoms with Crippen LogP contribution in [0.3, 0.4) is 0 Å². The first-order valence-corrected chi connectivity index (χ1v) is 7.73. The molecule has 0 bridgehead atoms. The lowest BCUT2D eigenvalue weighted by molar-refractivity contribution is 0.295. The van der Waals surface area contributed by atoms with Gasteiger partial charge in [-0.3, -0.25) is 4.98 Å². The zero-order valence-electron chi connectivity index (χ0n) is 11.3. The maximum atomic E-state index is 5.87. The number of ether oxygens (including phenoxy) is 1. The van der Waals surface area contributed by atoms with Crippen molar-refractivity contribution in [3.8, 4) is 5.75 Å². The fourth-order valence-corrected chi connectivity index (χ4v) is 2.83. The molecule has 108 valence electrons. The Morgan fingerprint density at radius 3 is 3.05 bits per heavy atom. The van der Waals surface area contributed by atoms with E-state index in [0.29, 0.717) is 16.6 Å². The Morgan fingerprint density at radius 1 is 1.33 bits per heavy atom. The van der Waals surface area contributed by atoms with Crippen LogP contribution in [0.1, 0.15) is 12.7 Å². The first-order valence-electron chi connectivity index (χ1n) is 6.47. The summed E-state index contributed by atoms with van der Waals surface area (Å²) in [6.45, 7) is 3.11. The molecule has 0 saturated carbocycles. The van der Waals surface area contributed by atoms with E-state index in [0.717, 1.165) is 22.6 Å². The van der Waals surface area contributed by atoms with Crippen molar-refractivity contribution in [1.29, 1.82) is 0 Å². The van der Waals surface area contributed by atoms with Crippen LogP contribution in [0.25, 0.3) is 10.2 Å². The predicted molar refractivity (Wildman–Crippen MR) is 85.2 cm³/mol. The molecule has 3 aromatic heterocycles. The minimum atomic E-state index is 0.272. The van der Waals surface area contributed by atoms with Crippen molar-refractivity contribution in [2.75, 3.05) is 11.9 Å². The van der Waals surface area contributed by atoms with Crippen molar-refractivity contribution >= 4 is 39.0 Å². The summed E-state index contributed by atoms with van der Waals surface area (Å²) in [4.78, 5) is 13.9. The number of nitrogens with zero attached hydrogens (tertiary/aromatic N) is 3. The van der Waals surface area contributed by atoms with Gasteiger partial charge in [0.05, 0.1) is 16.6 Å². The molecule has 0 aromatic carbocycles. The molecule has 0 saturated heterocycles. The van der Waals surface area contributed by atoms with Crippen LogP contribution in [0, 0.1) is 0 Å². The first-order chi connectivity index (χ1) is 10.3. The van der Waals surface area contributed by atoms with Gasteiger partial charge in [0, 0.05) is 18.8 Å². The number of rotatable bonds is 5. The second-order valence-electron chi connectivity index (χ2n) is 4.29. The number of fused-ring (bicyclic) bond motifs is 1. The fraction of sp³-hybridized carbons (Fsp3) is 0.214. The Labute approximate surface area is 131 Å². The highest BCUT2D eigenvalue weighted by molar-refractivity contribution is 7.16. The number of aromatic nitrogens is 3. The van der Waals surface area contributed by atoms with Crippen molar-refractivity contribution in [2.24, 2.45) is 0 Å². The highest BCUT2D eigenvalue weighted by atomic mass is 35.5. The average molecular weight is 321 g/mol. The number of anilines is 1. The van der Waals surface area contributed by atoms with Crippen LogP contribution in [0.15, 0.2) is 29.9 Å². The first kappa shape index (κ1) is 14.0. The maximum absolute atomic E-state index is 5.87. The largest absolute Gasteiger partial charge is 0.484 e. The van der Waals surface area contributed by atoms with Gasteiger partial charge in [-0.05, 0) is 18.4 Å². The standard InChI is InChI=1S/C14H13ClN4OS/c1-2-17-13-11-3-4-21-14(11)19-12(18-13)8-20-10-5-9(15)6-16-7-10/h3-7H,2,8H2,1H3,(H,17,18,19). The van der Waals surface area contributed by atoms with Crippen LogP contribution in [0.5, 0.6) is 5.75 Å². The summed E-state index contributed by atoms with van der Waals surface area (Å²) in [5.41, 5.74) is 0. The zero-order valence-corrected chi connectivity index (χ0v) is 12.9. The molecule has 0 amide bonds. The second-order valence-corrected chi connectivity index (χ2v) is 5.62. The lowest BCUT2D eigenvalue weighted by Crippen LogP contribution is -2.06. The summed E-state index contributed by atoms with van der Waals surface area (Å²) in [6.07, 6.45) is 3.17. The van der Waals surface area contributed by atoms with Crippen LogP contribution < -0.4 is 10.1 Å². The van der Waals surface area contributed by atoms with Gasteiger partial charge in [-0.15, -0.1) is 11.3 Å². The molecule has 7 heteroatoms. The van der Waals surface area contributed by atoms with E-state index in [4.69, 9.17) is 16.3 Å². The summed E-state index contributed by atoms with van der Waals surface area (Å²) >= 11 is 7.46. The minimum Gasteiger partial charge on any atom is -0.484 e. The summed E-state index contributed by atoms with van der Waals surface area (Å²) in [5, 5.41) is 6.83. The van der Waals surface area contributed by atoms with E-state index in [9.17, 15) is 0 Å². The topological polar surface area (TPSA) is 59.9 Å².